The Kier molecular flexibility index (Phi) is 4.55. The molecule has 0 amide bonds. The van der Waals surface area contributed by atoms with Crippen molar-refractivity contribution in [3.63, 3.8) is 0 Å². The van der Waals surface area contributed by atoms with E-state index in [-0.39, 0.29) is 17.5 Å². The van der Waals surface area contributed by atoms with Crippen LogP contribution in [-0.4, -0.2) is 46.6 Å². The van der Waals surface area contributed by atoms with Crippen LogP contribution in [0.1, 0.15) is 35.3 Å². The SMILES string of the molecule is Cc1nn([C@H]2CCS(=O)(=O)C2)c(C)c1CN(C)Cc1nc2ccccc2o1. The third-order valence-corrected chi connectivity index (χ3v) is 6.95. The van der Waals surface area contributed by atoms with Crippen molar-refractivity contribution < 1.29 is 12.8 Å². The first-order valence-electron chi connectivity index (χ1n) is 9.10. The molecule has 0 saturated carbocycles. The molecule has 8 heteroatoms. The van der Waals surface area contributed by atoms with Gasteiger partial charge in [0.1, 0.15) is 5.52 Å². The van der Waals surface area contributed by atoms with Crippen molar-refractivity contribution in [1.82, 2.24) is 19.7 Å². The minimum Gasteiger partial charge on any atom is -0.439 e. The summed E-state index contributed by atoms with van der Waals surface area (Å²) in [6.45, 7) is 5.30. The maximum absolute atomic E-state index is 11.8. The number of hydrogen-bond acceptors (Lipinski definition) is 6. The number of oxazole rings is 1. The number of nitrogens with zero attached hydrogens (tertiary/aromatic N) is 4. The van der Waals surface area contributed by atoms with E-state index >= 15 is 0 Å². The highest BCUT2D eigenvalue weighted by Gasteiger charge is 2.31. The summed E-state index contributed by atoms with van der Waals surface area (Å²) in [7, 11) is -0.913. The first kappa shape index (κ1) is 18.2. The molecule has 3 aromatic rings. The largest absolute Gasteiger partial charge is 0.439 e. The summed E-state index contributed by atoms with van der Waals surface area (Å²) in [5, 5.41) is 4.64. The van der Waals surface area contributed by atoms with Gasteiger partial charge in [0.2, 0.25) is 5.89 Å². The van der Waals surface area contributed by atoms with Gasteiger partial charge >= 0.3 is 0 Å². The van der Waals surface area contributed by atoms with Crippen molar-refractivity contribution in [1.29, 1.82) is 0 Å². The lowest BCUT2D eigenvalue weighted by molar-refractivity contribution is 0.284. The van der Waals surface area contributed by atoms with E-state index in [0.717, 1.165) is 28.1 Å². The fourth-order valence-electron chi connectivity index (χ4n) is 3.79. The topological polar surface area (TPSA) is 81.2 Å². The van der Waals surface area contributed by atoms with Crippen LogP contribution in [0.25, 0.3) is 11.1 Å². The van der Waals surface area contributed by atoms with E-state index in [2.05, 4.69) is 15.0 Å². The van der Waals surface area contributed by atoms with Crippen LogP contribution in [0.3, 0.4) is 0 Å². The Labute approximate surface area is 158 Å². The molecular formula is C19H24N4O3S. The molecule has 0 radical (unpaired) electrons. The van der Waals surface area contributed by atoms with Crippen LogP contribution in [0, 0.1) is 13.8 Å². The summed E-state index contributed by atoms with van der Waals surface area (Å²) in [4.78, 5) is 6.66. The molecule has 0 unspecified atom stereocenters. The van der Waals surface area contributed by atoms with Crippen molar-refractivity contribution in [3.8, 4) is 0 Å². The highest BCUT2D eigenvalue weighted by atomic mass is 32.2. The highest BCUT2D eigenvalue weighted by molar-refractivity contribution is 7.91. The fourth-order valence-corrected chi connectivity index (χ4v) is 5.49. The summed E-state index contributed by atoms with van der Waals surface area (Å²) in [6, 6.07) is 7.69. The summed E-state index contributed by atoms with van der Waals surface area (Å²) in [6.07, 6.45) is 0.641. The Morgan fingerprint density at radius 3 is 2.74 bits per heavy atom. The Morgan fingerprint density at radius 1 is 1.26 bits per heavy atom. The lowest BCUT2D eigenvalue weighted by atomic mass is 10.1. The van der Waals surface area contributed by atoms with E-state index in [9.17, 15) is 8.42 Å². The number of aromatic nitrogens is 3. The van der Waals surface area contributed by atoms with Gasteiger partial charge in [0.15, 0.2) is 15.4 Å². The van der Waals surface area contributed by atoms with E-state index in [1.807, 2.05) is 49.8 Å². The van der Waals surface area contributed by atoms with Gasteiger partial charge in [-0.25, -0.2) is 13.4 Å². The minimum atomic E-state index is -2.93. The van der Waals surface area contributed by atoms with Crippen LogP contribution < -0.4 is 0 Å². The zero-order valence-corrected chi connectivity index (χ0v) is 16.7. The van der Waals surface area contributed by atoms with Crippen molar-refractivity contribution >= 4 is 20.9 Å². The smallest absolute Gasteiger partial charge is 0.209 e. The minimum absolute atomic E-state index is 0.0511. The molecule has 0 aliphatic carbocycles. The van der Waals surface area contributed by atoms with Gasteiger partial charge in [-0.3, -0.25) is 9.58 Å². The van der Waals surface area contributed by atoms with Crippen LogP contribution in [0.2, 0.25) is 0 Å². The predicted molar refractivity (Wildman–Crippen MR) is 103 cm³/mol. The average Bonchev–Trinajstić information content (AvgIpc) is 3.25. The van der Waals surface area contributed by atoms with Gasteiger partial charge < -0.3 is 4.42 Å². The number of para-hydroxylation sites is 2. The number of sulfone groups is 1. The molecular weight excluding hydrogens is 364 g/mol. The van der Waals surface area contributed by atoms with Crippen LogP contribution in [0.15, 0.2) is 28.7 Å². The van der Waals surface area contributed by atoms with Crippen LogP contribution in [0.4, 0.5) is 0 Å². The zero-order chi connectivity index (χ0) is 19.2. The first-order chi connectivity index (χ1) is 12.8. The number of hydrogen-bond donors (Lipinski definition) is 0. The third kappa shape index (κ3) is 3.64. The summed E-state index contributed by atoms with van der Waals surface area (Å²) >= 11 is 0. The summed E-state index contributed by atoms with van der Waals surface area (Å²) in [5.41, 5.74) is 4.78. The molecule has 1 aliphatic rings. The average molecular weight is 388 g/mol. The molecule has 144 valence electrons. The zero-order valence-electron chi connectivity index (χ0n) is 15.8. The molecule has 0 spiro atoms. The molecule has 7 nitrogen and oxygen atoms in total. The monoisotopic (exact) mass is 388 g/mol. The van der Waals surface area contributed by atoms with Crippen molar-refractivity contribution in [3.05, 3.63) is 47.1 Å². The quantitative estimate of drug-likeness (QED) is 0.668. The van der Waals surface area contributed by atoms with Crippen molar-refractivity contribution in [2.24, 2.45) is 0 Å². The lowest BCUT2D eigenvalue weighted by Crippen LogP contribution is -2.19. The molecule has 1 fully saturated rings. The van der Waals surface area contributed by atoms with Crippen molar-refractivity contribution in [2.45, 2.75) is 39.4 Å². The van der Waals surface area contributed by atoms with Crippen LogP contribution >= 0.6 is 0 Å². The van der Waals surface area contributed by atoms with Gasteiger partial charge in [0, 0.05) is 17.8 Å². The summed E-state index contributed by atoms with van der Waals surface area (Å²) in [5.74, 6) is 1.12. The molecule has 0 N–H and O–H groups in total. The Morgan fingerprint density at radius 2 is 2.04 bits per heavy atom. The molecule has 3 heterocycles. The second kappa shape index (κ2) is 6.76. The van der Waals surface area contributed by atoms with Gasteiger partial charge in [0.25, 0.3) is 0 Å². The fraction of sp³-hybridized carbons (Fsp3) is 0.474. The Hall–Kier alpha value is -2.19. The maximum atomic E-state index is 11.8. The standard InChI is InChI=1S/C19H24N4O3S/c1-13-16(14(2)23(21-13)15-8-9-27(24,25)12-15)10-22(3)11-19-20-17-6-4-5-7-18(17)26-19/h4-7,15H,8-12H2,1-3H3/t15-/m0/s1. The summed E-state index contributed by atoms with van der Waals surface area (Å²) < 4.78 is 31.3. The van der Waals surface area contributed by atoms with E-state index in [4.69, 9.17) is 4.42 Å². The third-order valence-electron chi connectivity index (χ3n) is 5.20. The van der Waals surface area contributed by atoms with E-state index < -0.39 is 9.84 Å². The second-order valence-electron chi connectivity index (χ2n) is 7.40. The van der Waals surface area contributed by atoms with Crippen LogP contribution in [-0.2, 0) is 22.9 Å². The van der Waals surface area contributed by atoms with Gasteiger partial charge in [0.05, 0.1) is 29.8 Å². The van der Waals surface area contributed by atoms with Crippen LogP contribution in [0.5, 0.6) is 0 Å². The molecule has 1 aliphatic heterocycles. The van der Waals surface area contributed by atoms with Gasteiger partial charge in [-0.2, -0.15) is 5.10 Å². The maximum Gasteiger partial charge on any atom is 0.209 e. The van der Waals surface area contributed by atoms with E-state index in [1.165, 1.54) is 0 Å². The van der Waals surface area contributed by atoms with Crippen molar-refractivity contribution in [2.75, 3.05) is 18.6 Å². The second-order valence-corrected chi connectivity index (χ2v) is 9.63. The molecule has 1 atom stereocenters. The first-order valence-corrected chi connectivity index (χ1v) is 10.9. The Bertz CT molecular complexity index is 1050. The van der Waals surface area contributed by atoms with E-state index in [1.54, 1.807) is 0 Å². The number of benzene rings is 1. The van der Waals surface area contributed by atoms with Gasteiger partial charge in [-0.15, -0.1) is 0 Å². The lowest BCUT2D eigenvalue weighted by Gasteiger charge is -2.16. The Balaban J connectivity index is 1.50. The molecule has 2 aromatic heterocycles. The van der Waals surface area contributed by atoms with Gasteiger partial charge in [-0.05, 0) is 39.4 Å². The molecule has 0 bridgehead atoms. The normalized spacial score (nSPS) is 19.3. The molecule has 27 heavy (non-hydrogen) atoms. The van der Waals surface area contributed by atoms with Gasteiger partial charge in [-0.1, -0.05) is 12.1 Å². The molecule has 4 rings (SSSR count). The van der Waals surface area contributed by atoms with E-state index in [0.29, 0.717) is 25.4 Å². The number of rotatable bonds is 5. The molecule has 1 saturated heterocycles. The highest BCUT2D eigenvalue weighted by Crippen LogP contribution is 2.27. The molecule has 1 aromatic carbocycles. The predicted octanol–water partition coefficient (Wildman–Crippen LogP) is 2.63. The number of aryl methyl sites for hydroxylation is 1. The number of fused-ring (bicyclic) bond motifs is 1.